The Morgan fingerprint density at radius 3 is 2.68 bits per heavy atom. The van der Waals surface area contributed by atoms with Gasteiger partial charge in [0, 0.05) is 5.02 Å². The van der Waals surface area contributed by atoms with Crippen molar-refractivity contribution in [2.24, 2.45) is 0 Å². The number of benzene rings is 1. The number of allylic oxidation sites excluding steroid dienone is 3. The van der Waals surface area contributed by atoms with Gasteiger partial charge < -0.3 is 5.32 Å². The Labute approximate surface area is 158 Å². The van der Waals surface area contributed by atoms with Crippen molar-refractivity contribution in [1.82, 2.24) is 5.32 Å². The van der Waals surface area contributed by atoms with Crippen LogP contribution in [0, 0.1) is 0 Å². The Morgan fingerprint density at radius 1 is 1.24 bits per heavy atom. The minimum Gasteiger partial charge on any atom is -0.384 e. The van der Waals surface area contributed by atoms with Crippen LogP contribution in [0.2, 0.25) is 5.02 Å². The van der Waals surface area contributed by atoms with Crippen LogP contribution >= 0.6 is 11.6 Å². The average Bonchev–Trinajstić information content (AvgIpc) is 2.58. The smallest absolute Gasteiger partial charge is 0.0513 e. The highest BCUT2D eigenvalue weighted by Gasteiger charge is 2.23. The van der Waals surface area contributed by atoms with Gasteiger partial charge in [0.25, 0.3) is 0 Å². The molecule has 0 aromatic heterocycles. The van der Waals surface area contributed by atoms with E-state index in [2.05, 4.69) is 37.9 Å². The zero-order valence-electron chi connectivity index (χ0n) is 15.8. The number of fused-ring (bicyclic) bond motifs is 1. The van der Waals surface area contributed by atoms with Gasteiger partial charge in [-0.25, -0.2) is 0 Å². The summed E-state index contributed by atoms with van der Waals surface area (Å²) in [5.74, 6) is 0. The van der Waals surface area contributed by atoms with Gasteiger partial charge in [-0.3, -0.25) is 0 Å². The lowest BCUT2D eigenvalue weighted by molar-refractivity contribution is 0.577. The number of rotatable bonds is 7. The average molecular weight is 358 g/mol. The zero-order valence-corrected chi connectivity index (χ0v) is 16.5. The van der Waals surface area contributed by atoms with Crippen molar-refractivity contribution in [3.05, 3.63) is 64.9 Å². The van der Waals surface area contributed by atoms with E-state index in [-0.39, 0.29) is 0 Å². The van der Waals surface area contributed by atoms with Crippen LogP contribution in [-0.2, 0) is 6.42 Å². The van der Waals surface area contributed by atoms with Crippen molar-refractivity contribution < 1.29 is 0 Å². The predicted octanol–water partition coefficient (Wildman–Crippen LogP) is 7.08. The molecule has 0 amide bonds. The highest BCUT2D eigenvalue weighted by Crippen LogP contribution is 2.36. The molecular formula is C23H32ClN. The second kappa shape index (κ2) is 10.5. The SMILES string of the molecule is C=C/C=C\NC1CCCCc2cc(Cl)ccc2C1=C(CCC)CCC. The van der Waals surface area contributed by atoms with Crippen molar-refractivity contribution in [2.75, 3.05) is 0 Å². The largest absolute Gasteiger partial charge is 0.384 e. The summed E-state index contributed by atoms with van der Waals surface area (Å²) >= 11 is 6.31. The standard InChI is InChI=1S/C23H32ClN/c1-4-7-16-25-22-13-9-8-12-19-17-20(24)14-15-21(19)23(22)18(10-5-2)11-6-3/h4,7,14-17,22,25H,1,5-6,8-13H2,2-3H3/b16-7-. The van der Waals surface area contributed by atoms with E-state index < -0.39 is 0 Å². The van der Waals surface area contributed by atoms with Crippen LogP contribution in [0.3, 0.4) is 0 Å². The molecule has 1 aromatic carbocycles. The van der Waals surface area contributed by atoms with E-state index in [0.29, 0.717) is 6.04 Å². The number of aryl methyl sites for hydroxylation is 1. The lowest BCUT2D eigenvalue weighted by atomic mass is 9.82. The molecule has 1 aliphatic rings. The highest BCUT2D eigenvalue weighted by atomic mass is 35.5. The van der Waals surface area contributed by atoms with Crippen molar-refractivity contribution >= 4 is 17.2 Å². The Bertz CT molecular complexity index is 619. The minimum absolute atomic E-state index is 0.365. The van der Waals surface area contributed by atoms with E-state index in [1.807, 2.05) is 24.4 Å². The molecule has 2 rings (SSSR count). The van der Waals surface area contributed by atoms with Gasteiger partial charge in [-0.15, -0.1) is 0 Å². The molecule has 1 atom stereocenters. The van der Waals surface area contributed by atoms with E-state index >= 15 is 0 Å². The lowest BCUT2D eigenvalue weighted by Gasteiger charge is -2.29. The summed E-state index contributed by atoms with van der Waals surface area (Å²) in [4.78, 5) is 0. The molecule has 0 saturated carbocycles. The van der Waals surface area contributed by atoms with Crippen molar-refractivity contribution in [2.45, 2.75) is 71.3 Å². The molecule has 0 saturated heterocycles. The Morgan fingerprint density at radius 2 is 2.00 bits per heavy atom. The van der Waals surface area contributed by atoms with E-state index in [0.717, 1.165) is 11.4 Å². The maximum atomic E-state index is 6.31. The summed E-state index contributed by atoms with van der Waals surface area (Å²) < 4.78 is 0. The fraction of sp³-hybridized carbons (Fsp3) is 0.478. The van der Waals surface area contributed by atoms with E-state index in [1.54, 1.807) is 5.57 Å². The number of hydrogen-bond donors (Lipinski definition) is 1. The van der Waals surface area contributed by atoms with E-state index in [1.165, 1.54) is 61.6 Å². The van der Waals surface area contributed by atoms with E-state index in [4.69, 9.17) is 11.6 Å². The molecule has 136 valence electrons. The van der Waals surface area contributed by atoms with Gasteiger partial charge in [-0.05, 0) is 73.2 Å². The van der Waals surface area contributed by atoms with Crippen LogP contribution in [0.1, 0.15) is 69.9 Å². The number of hydrogen-bond acceptors (Lipinski definition) is 1. The molecule has 0 spiro atoms. The highest BCUT2D eigenvalue weighted by molar-refractivity contribution is 6.30. The third-order valence-electron chi connectivity index (χ3n) is 4.91. The molecular weight excluding hydrogens is 326 g/mol. The van der Waals surface area contributed by atoms with Gasteiger partial charge in [-0.2, -0.15) is 0 Å². The van der Waals surface area contributed by atoms with Crippen LogP contribution < -0.4 is 5.32 Å². The number of halogens is 1. The molecule has 0 fully saturated rings. The normalized spacial score (nSPS) is 17.7. The Balaban J connectivity index is 2.57. The molecule has 0 aliphatic heterocycles. The van der Waals surface area contributed by atoms with Gasteiger partial charge in [0.05, 0.1) is 6.04 Å². The minimum atomic E-state index is 0.365. The first-order valence-electron chi connectivity index (χ1n) is 9.75. The molecule has 1 N–H and O–H groups in total. The van der Waals surface area contributed by atoms with Gasteiger partial charge >= 0.3 is 0 Å². The Hall–Kier alpha value is -1.47. The third-order valence-corrected chi connectivity index (χ3v) is 5.14. The molecule has 25 heavy (non-hydrogen) atoms. The molecule has 0 bridgehead atoms. The fourth-order valence-electron chi connectivity index (χ4n) is 3.87. The van der Waals surface area contributed by atoms with Crippen molar-refractivity contribution in [3.8, 4) is 0 Å². The summed E-state index contributed by atoms with van der Waals surface area (Å²) in [6.07, 6.45) is 15.4. The van der Waals surface area contributed by atoms with Crippen molar-refractivity contribution in [1.29, 1.82) is 0 Å². The third kappa shape index (κ3) is 5.51. The second-order valence-corrected chi connectivity index (χ2v) is 7.31. The number of nitrogens with one attached hydrogen (secondary N) is 1. The summed E-state index contributed by atoms with van der Waals surface area (Å²) in [5.41, 5.74) is 5.95. The van der Waals surface area contributed by atoms with Crippen molar-refractivity contribution in [3.63, 3.8) is 0 Å². The zero-order chi connectivity index (χ0) is 18.1. The molecule has 1 aliphatic carbocycles. The fourth-order valence-corrected chi connectivity index (χ4v) is 4.06. The van der Waals surface area contributed by atoms with Crippen LogP contribution in [0.4, 0.5) is 0 Å². The maximum absolute atomic E-state index is 6.31. The first-order valence-corrected chi connectivity index (χ1v) is 10.1. The second-order valence-electron chi connectivity index (χ2n) is 6.88. The van der Waals surface area contributed by atoms with Crippen LogP contribution in [0.5, 0.6) is 0 Å². The van der Waals surface area contributed by atoms with Gasteiger partial charge in [0.15, 0.2) is 0 Å². The predicted molar refractivity (Wildman–Crippen MR) is 112 cm³/mol. The van der Waals surface area contributed by atoms with Crippen LogP contribution in [0.25, 0.3) is 5.57 Å². The van der Waals surface area contributed by atoms with Gasteiger partial charge in [-0.1, -0.05) is 69.0 Å². The Kier molecular flexibility index (Phi) is 8.34. The molecule has 2 heteroatoms. The first-order chi connectivity index (χ1) is 12.2. The molecule has 0 radical (unpaired) electrons. The van der Waals surface area contributed by atoms with E-state index in [9.17, 15) is 0 Å². The monoisotopic (exact) mass is 357 g/mol. The molecule has 1 aromatic rings. The van der Waals surface area contributed by atoms with Gasteiger partial charge in [0.1, 0.15) is 0 Å². The summed E-state index contributed by atoms with van der Waals surface area (Å²) in [7, 11) is 0. The van der Waals surface area contributed by atoms with Crippen LogP contribution in [-0.4, -0.2) is 6.04 Å². The topological polar surface area (TPSA) is 12.0 Å². The van der Waals surface area contributed by atoms with Crippen LogP contribution in [0.15, 0.2) is 48.7 Å². The lowest BCUT2D eigenvalue weighted by Crippen LogP contribution is -2.28. The maximum Gasteiger partial charge on any atom is 0.0513 e. The summed E-state index contributed by atoms with van der Waals surface area (Å²) in [6, 6.07) is 6.84. The quantitative estimate of drug-likeness (QED) is 0.514. The molecule has 1 unspecified atom stereocenters. The molecule has 1 nitrogen and oxygen atoms in total. The molecule has 0 heterocycles. The first kappa shape index (κ1) is 19.8. The summed E-state index contributed by atoms with van der Waals surface area (Å²) in [6.45, 7) is 8.34. The van der Waals surface area contributed by atoms with Gasteiger partial charge in [0.2, 0.25) is 0 Å². The summed E-state index contributed by atoms with van der Waals surface area (Å²) in [5, 5.41) is 4.50.